The Morgan fingerprint density at radius 3 is 2.39 bits per heavy atom. The van der Waals surface area contributed by atoms with Crippen molar-refractivity contribution in [1.82, 2.24) is 5.32 Å². The molecular weight excluding hydrogens is 222 g/mol. The Balaban J connectivity index is 2.46. The molecule has 98 valence electrons. The van der Waals surface area contributed by atoms with E-state index in [1.165, 1.54) is 0 Å². The summed E-state index contributed by atoms with van der Waals surface area (Å²) in [6.07, 6.45) is -0.498. The van der Waals surface area contributed by atoms with Crippen LogP contribution in [0.25, 0.3) is 0 Å². The maximum atomic E-state index is 10.1. The molecule has 1 aromatic rings. The van der Waals surface area contributed by atoms with Gasteiger partial charge in [-0.15, -0.1) is 0 Å². The lowest BCUT2D eigenvalue weighted by atomic mass is 9.98. The summed E-state index contributed by atoms with van der Waals surface area (Å²) in [5, 5.41) is 13.4. The monoisotopic (exact) mass is 245 g/mol. The standard InChI is InChI=1S/C16H23NO/c1-13(17-12-8-11-16(2,3)4)15(18)14-9-6-5-7-10-14/h5-7,9-10,13,15,17-18H,12H2,1-4H3. The second-order valence-electron chi connectivity index (χ2n) is 5.58. The van der Waals surface area contributed by atoms with Crippen molar-refractivity contribution in [3.05, 3.63) is 35.9 Å². The summed E-state index contributed by atoms with van der Waals surface area (Å²) >= 11 is 0. The second-order valence-corrected chi connectivity index (χ2v) is 5.58. The largest absolute Gasteiger partial charge is 0.387 e. The first kappa shape index (κ1) is 14.8. The minimum absolute atomic E-state index is 0.0123. The molecule has 0 aliphatic rings. The Bertz CT molecular complexity index is 408. The van der Waals surface area contributed by atoms with Gasteiger partial charge in [0.15, 0.2) is 0 Å². The lowest BCUT2D eigenvalue weighted by Crippen LogP contribution is -2.32. The van der Waals surface area contributed by atoms with Gasteiger partial charge in [0.1, 0.15) is 0 Å². The first-order chi connectivity index (χ1) is 8.40. The summed E-state index contributed by atoms with van der Waals surface area (Å²) in [5.74, 6) is 6.25. The van der Waals surface area contributed by atoms with Gasteiger partial charge in [0.2, 0.25) is 0 Å². The average molecular weight is 245 g/mol. The SMILES string of the molecule is CC(NCC#CC(C)(C)C)C(O)c1ccccc1. The number of aliphatic hydroxyl groups is 1. The third kappa shape index (κ3) is 5.35. The van der Waals surface area contributed by atoms with E-state index in [0.29, 0.717) is 6.54 Å². The zero-order chi connectivity index (χ0) is 13.6. The van der Waals surface area contributed by atoms with Crippen molar-refractivity contribution in [3.63, 3.8) is 0 Å². The lowest BCUT2D eigenvalue weighted by molar-refractivity contribution is 0.138. The molecule has 2 atom stereocenters. The van der Waals surface area contributed by atoms with Crippen LogP contribution in [0.1, 0.15) is 39.4 Å². The number of hydrogen-bond donors (Lipinski definition) is 2. The van der Waals surface area contributed by atoms with Gasteiger partial charge in [0.05, 0.1) is 12.6 Å². The molecule has 1 aromatic carbocycles. The van der Waals surface area contributed by atoms with E-state index in [1.807, 2.05) is 37.3 Å². The van der Waals surface area contributed by atoms with Crippen LogP contribution < -0.4 is 5.32 Å². The Morgan fingerprint density at radius 1 is 1.22 bits per heavy atom. The van der Waals surface area contributed by atoms with E-state index in [0.717, 1.165) is 5.56 Å². The van der Waals surface area contributed by atoms with E-state index in [4.69, 9.17) is 0 Å². The molecule has 0 bridgehead atoms. The topological polar surface area (TPSA) is 32.3 Å². The van der Waals surface area contributed by atoms with Crippen molar-refractivity contribution < 1.29 is 5.11 Å². The summed E-state index contributed by atoms with van der Waals surface area (Å²) in [7, 11) is 0. The Morgan fingerprint density at radius 2 is 1.83 bits per heavy atom. The number of benzene rings is 1. The van der Waals surface area contributed by atoms with Crippen LogP contribution in [0.3, 0.4) is 0 Å². The van der Waals surface area contributed by atoms with E-state index < -0.39 is 6.10 Å². The predicted molar refractivity (Wildman–Crippen MR) is 76.1 cm³/mol. The molecule has 0 fully saturated rings. The molecule has 0 amide bonds. The molecule has 18 heavy (non-hydrogen) atoms. The summed E-state index contributed by atoms with van der Waals surface area (Å²) in [6.45, 7) is 8.82. The highest BCUT2D eigenvalue weighted by Gasteiger charge is 2.14. The second kappa shape index (κ2) is 6.58. The van der Waals surface area contributed by atoms with Gasteiger partial charge in [0.25, 0.3) is 0 Å². The molecule has 0 spiro atoms. The molecule has 0 radical (unpaired) electrons. The maximum absolute atomic E-state index is 10.1. The predicted octanol–water partition coefficient (Wildman–Crippen LogP) is 2.75. The highest BCUT2D eigenvalue weighted by atomic mass is 16.3. The molecule has 0 heterocycles. The van der Waals surface area contributed by atoms with Crippen molar-refractivity contribution in [1.29, 1.82) is 0 Å². The number of rotatable bonds is 4. The molecule has 0 aliphatic heterocycles. The highest BCUT2D eigenvalue weighted by molar-refractivity contribution is 5.18. The normalized spacial score (nSPS) is 14.5. The van der Waals surface area contributed by atoms with Gasteiger partial charge in [0, 0.05) is 11.5 Å². The van der Waals surface area contributed by atoms with Crippen molar-refractivity contribution in [2.24, 2.45) is 5.41 Å². The fourth-order valence-corrected chi connectivity index (χ4v) is 1.57. The first-order valence-electron chi connectivity index (χ1n) is 6.36. The van der Waals surface area contributed by atoms with E-state index >= 15 is 0 Å². The first-order valence-corrected chi connectivity index (χ1v) is 6.36. The molecule has 1 rings (SSSR count). The van der Waals surface area contributed by atoms with Gasteiger partial charge >= 0.3 is 0 Å². The zero-order valence-electron chi connectivity index (χ0n) is 11.7. The van der Waals surface area contributed by atoms with Crippen LogP contribution in [0.4, 0.5) is 0 Å². The lowest BCUT2D eigenvalue weighted by Gasteiger charge is -2.19. The molecule has 0 aliphatic carbocycles. The van der Waals surface area contributed by atoms with Crippen molar-refractivity contribution >= 4 is 0 Å². The molecule has 2 N–H and O–H groups in total. The van der Waals surface area contributed by atoms with Crippen LogP contribution in [0.15, 0.2) is 30.3 Å². The Hall–Kier alpha value is -1.30. The fourth-order valence-electron chi connectivity index (χ4n) is 1.57. The van der Waals surface area contributed by atoms with Gasteiger partial charge in [-0.2, -0.15) is 0 Å². The number of nitrogens with one attached hydrogen (secondary N) is 1. The van der Waals surface area contributed by atoms with Crippen molar-refractivity contribution in [3.8, 4) is 11.8 Å². The molecule has 0 saturated heterocycles. The molecule has 2 heteroatoms. The Kier molecular flexibility index (Phi) is 5.40. The number of hydrogen-bond acceptors (Lipinski definition) is 2. The van der Waals surface area contributed by atoms with Gasteiger partial charge in [-0.25, -0.2) is 0 Å². The van der Waals surface area contributed by atoms with Gasteiger partial charge in [-0.3, -0.25) is 0 Å². The summed E-state index contributed by atoms with van der Waals surface area (Å²) in [5.41, 5.74) is 0.962. The smallest absolute Gasteiger partial charge is 0.0940 e. The van der Waals surface area contributed by atoms with E-state index in [1.54, 1.807) is 0 Å². The maximum Gasteiger partial charge on any atom is 0.0940 e. The third-order valence-corrected chi connectivity index (χ3v) is 2.59. The van der Waals surface area contributed by atoms with Crippen LogP contribution >= 0.6 is 0 Å². The zero-order valence-corrected chi connectivity index (χ0v) is 11.7. The van der Waals surface area contributed by atoms with Gasteiger partial charge in [-0.05, 0) is 33.3 Å². The summed E-state index contributed by atoms with van der Waals surface area (Å²) < 4.78 is 0. The van der Waals surface area contributed by atoms with Crippen LogP contribution in [-0.4, -0.2) is 17.7 Å². The minimum atomic E-state index is -0.498. The molecule has 0 saturated carbocycles. The number of aliphatic hydroxyl groups excluding tert-OH is 1. The third-order valence-electron chi connectivity index (χ3n) is 2.59. The Labute approximate surface area is 110 Å². The van der Waals surface area contributed by atoms with Gasteiger partial charge in [-0.1, -0.05) is 42.2 Å². The molecule has 2 unspecified atom stereocenters. The fraction of sp³-hybridized carbons (Fsp3) is 0.500. The molecule has 2 nitrogen and oxygen atoms in total. The average Bonchev–Trinajstić information content (AvgIpc) is 2.33. The summed E-state index contributed by atoms with van der Waals surface area (Å²) in [4.78, 5) is 0. The van der Waals surface area contributed by atoms with Crippen LogP contribution in [-0.2, 0) is 0 Å². The van der Waals surface area contributed by atoms with E-state index in [2.05, 4.69) is 37.9 Å². The quantitative estimate of drug-likeness (QED) is 0.799. The van der Waals surface area contributed by atoms with Crippen LogP contribution in [0.2, 0.25) is 0 Å². The van der Waals surface area contributed by atoms with Crippen LogP contribution in [0, 0.1) is 17.3 Å². The highest BCUT2D eigenvalue weighted by Crippen LogP contribution is 2.15. The van der Waals surface area contributed by atoms with Crippen molar-refractivity contribution in [2.75, 3.05) is 6.54 Å². The van der Waals surface area contributed by atoms with Crippen molar-refractivity contribution in [2.45, 2.75) is 39.8 Å². The van der Waals surface area contributed by atoms with Crippen LogP contribution in [0.5, 0.6) is 0 Å². The van der Waals surface area contributed by atoms with E-state index in [9.17, 15) is 5.11 Å². The summed E-state index contributed by atoms with van der Waals surface area (Å²) in [6, 6.07) is 9.67. The molecular formula is C16H23NO. The van der Waals surface area contributed by atoms with Gasteiger partial charge < -0.3 is 10.4 Å². The van der Waals surface area contributed by atoms with E-state index in [-0.39, 0.29) is 11.5 Å². The minimum Gasteiger partial charge on any atom is -0.387 e. The molecule has 0 aromatic heterocycles.